The van der Waals surface area contributed by atoms with E-state index in [1.54, 1.807) is 36.4 Å². The molecule has 1 heterocycles. The van der Waals surface area contributed by atoms with Gasteiger partial charge in [-0.3, -0.25) is 14.5 Å². The molecule has 144 valence electrons. The largest absolute Gasteiger partial charge is 0.423 e. The Morgan fingerprint density at radius 3 is 2.25 bits per heavy atom. The lowest BCUT2D eigenvalue weighted by atomic mass is 9.76. The lowest BCUT2D eigenvalue weighted by Gasteiger charge is -2.25. The van der Waals surface area contributed by atoms with Crippen molar-refractivity contribution in [2.45, 2.75) is 33.1 Å². The molecule has 1 aliphatic heterocycles. The number of aryl methyl sites for hydroxylation is 1. The summed E-state index contributed by atoms with van der Waals surface area (Å²) in [6, 6.07) is 13.7. The van der Waals surface area contributed by atoms with Crippen LogP contribution in [0.2, 0.25) is 0 Å². The average Bonchev–Trinajstić information content (AvgIpc) is 2.93. The molecule has 0 N–H and O–H groups in total. The van der Waals surface area contributed by atoms with Crippen LogP contribution in [0.5, 0.6) is 5.75 Å². The van der Waals surface area contributed by atoms with Crippen LogP contribution >= 0.6 is 0 Å². The fourth-order valence-corrected chi connectivity index (χ4v) is 4.16. The molecular formula is C23H23NO4. The number of hydrogen-bond acceptors (Lipinski definition) is 4. The number of esters is 1. The first-order valence-electron chi connectivity index (χ1n) is 9.71. The number of anilines is 1. The van der Waals surface area contributed by atoms with Crippen LogP contribution in [0.1, 0.15) is 42.1 Å². The van der Waals surface area contributed by atoms with Crippen LogP contribution in [0.25, 0.3) is 0 Å². The van der Waals surface area contributed by atoms with Gasteiger partial charge in [-0.2, -0.15) is 0 Å². The molecule has 0 spiro atoms. The first kappa shape index (κ1) is 18.4. The van der Waals surface area contributed by atoms with E-state index in [1.807, 2.05) is 19.1 Å². The van der Waals surface area contributed by atoms with Crippen molar-refractivity contribution in [3.8, 4) is 5.75 Å². The van der Waals surface area contributed by atoms with Gasteiger partial charge in [0.15, 0.2) is 0 Å². The van der Waals surface area contributed by atoms with Crippen molar-refractivity contribution in [2.24, 2.45) is 17.8 Å². The molecule has 0 radical (unpaired) electrons. The molecular weight excluding hydrogens is 354 g/mol. The second-order valence-corrected chi connectivity index (χ2v) is 7.89. The standard InChI is InChI=1S/C23H23NO4/c1-14-3-6-16(7-4-14)23(27)28-18-10-8-17(9-11-18)24-21(25)19-12-5-15(2)13-20(19)22(24)26/h3-4,6-11,15,19-20H,5,12-13H2,1-2H3/t15-,19+,20+/m1/s1. The molecule has 2 aliphatic rings. The summed E-state index contributed by atoms with van der Waals surface area (Å²) in [5.41, 5.74) is 2.07. The third-order valence-corrected chi connectivity index (χ3v) is 5.78. The van der Waals surface area contributed by atoms with Gasteiger partial charge >= 0.3 is 5.97 Å². The Bertz CT molecular complexity index is 917. The van der Waals surface area contributed by atoms with Gasteiger partial charge in [0, 0.05) is 0 Å². The topological polar surface area (TPSA) is 63.7 Å². The van der Waals surface area contributed by atoms with Gasteiger partial charge in [0.1, 0.15) is 5.75 Å². The second-order valence-electron chi connectivity index (χ2n) is 7.89. The molecule has 2 aromatic rings. The van der Waals surface area contributed by atoms with Gasteiger partial charge in [-0.25, -0.2) is 4.79 Å². The highest BCUT2D eigenvalue weighted by molar-refractivity contribution is 6.22. The molecule has 5 heteroatoms. The lowest BCUT2D eigenvalue weighted by Crippen LogP contribution is -2.30. The van der Waals surface area contributed by atoms with Crippen molar-refractivity contribution in [3.63, 3.8) is 0 Å². The summed E-state index contributed by atoms with van der Waals surface area (Å²) in [5, 5.41) is 0. The molecule has 3 atom stereocenters. The fourth-order valence-electron chi connectivity index (χ4n) is 4.16. The molecule has 2 amide bonds. The summed E-state index contributed by atoms with van der Waals surface area (Å²) in [6.45, 7) is 4.08. The molecule has 1 aliphatic carbocycles. The molecule has 0 unspecified atom stereocenters. The highest BCUT2D eigenvalue weighted by Gasteiger charge is 2.49. The van der Waals surface area contributed by atoms with Crippen molar-refractivity contribution in [2.75, 3.05) is 4.90 Å². The molecule has 28 heavy (non-hydrogen) atoms. The van der Waals surface area contributed by atoms with E-state index in [1.165, 1.54) is 4.90 Å². The van der Waals surface area contributed by atoms with E-state index in [0.29, 0.717) is 22.9 Å². The molecule has 4 rings (SSSR count). The van der Waals surface area contributed by atoms with Crippen LogP contribution in [-0.4, -0.2) is 17.8 Å². The van der Waals surface area contributed by atoms with Crippen molar-refractivity contribution >= 4 is 23.5 Å². The van der Waals surface area contributed by atoms with Crippen LogP contribution in [0.4, 0.5) is 5.69 Å². The van der Waals surface area contributed by atoms with Gasteiger partial charge in [0.2, 0.25) is 11.8 Å². The van der Waals surface area contributed by atoms with Crippen LogP contribution in [0.3, 0.4) is 0 Å². The third kappa shape index (κ3) is 3.33. The molecule has 2 fully saturated rings. The molecule has 1 saturated heterocycles. The van der Waals surface area contributed by atoms with Gasteiger partial charge in [-0.15, -0.1) is 0 Å². The Morgan fingerprint density at radius 1 is 0.929 bits per heavy atom. The number of amides is 2. The summed E-state index contributed by atoms with van der Waals surface area (Å²) in [5.74, 6) is -0.197. The van der Waals surface area contributed by atoms with Crippen molar-refractivity contribution in [1.82, 2.24) is 0 Å². The summed E-state index contributed by atoms with van der Waals surface area (Å²) >= 11 is 0. The number of fused-ring (bicyclic) bond motifs is 1. The van der Waals surface area contributed by atoms with E-state index in [-0.39, 0.29) is 23.7 Å². The van der Waals surface area contributed by atoms with Crippen molar-refractivity contribution < 1.29 is 19.1 Å². The summed E-state index contributed by atoms with van der Waals surface area (Å²) in [6.07, 6.45) is 2.54. The third-order valence-electron chi connectivity index (χ3n) is 5.78. The molecule has 5 nitrogen and oxygen atoms in total. The monoisotopic (exact) mass is 377 g/mol. The Balaban J connectivity index is 1.49. The van der Waals surface area contributed by atoms with Crippen molar-refractivity contribution in [1.29, 1.82) is 0 Å². The zero-order chi connectivity index (χ0) is 19.8. The predicted octanol–water partition coefficient (Wildman–Crippen LogP) is 4.14. The maximum absolute atomic E-state index is 12.8. The van der Waals surface area contributed by atoms with Crippen LogP contribution in [0, 0.1) is 24.7 Å². The maximum atomic E-state index is 12.8. The number of carbonyl (C=O) groups is 3. The lowest BCUT2D eigenvalue weighted by molar-refractivity contribution is -0.122. The fraction of sp³-hybridized carbons (Fsp3) is 0.348. The highest BCUT2D eigenvalue weighted by atomic mass is 16.5. The average molecular weight is 377 g/mol. The Morgan fingerprint density at radius 2 is 1.57 bits per heavy atom. The number of carbonyl (C=O) groups excluding carboxylic acids is 3. The predicted molar refractivity (Wildman–Crippen MR) is 105 cm³/mol. The maximum Gasteiger partial charge on any atom is 0.343 e. The Hall–Kier alpha value is -2.95. The van der Waals surface area contributed by atoms with Gasteiger partial charge in [-0.05, 0) is 68.5 Å². The Kier molecular flexibility index (Phi) is 4.75. The first-order chi connectivity index (χ1) is 13.4. The van der Waals surface area contributed by atoms with E-state index in [0.717, 1.165) is 24.8 Å². The van der Waals surface area contributed by atoms with Crippen LogP contribution in [-0.2, 0) is 9.59 Å². The number of imide groups is 1. The molecule has 0 aromatic heterocycles. The summed E-state index contributed by atoms with van der Waals surface area (Å²) in [4.78, 5) is 39.1. The zero-order valence-corrected chi connectivity index (χ0v) is 16.1. The van der Waals surface area contributed by atoms with E-state index < -0.39 is 5.97 Å². The minimum Gasteiger partial charge on any atom is -0.423 e. The first-order valence-corrected chi connectivity index (χ1v) is 9.71. The van der Waals surface area contributed by atoms with Gasteiger partial charge in [0.05, 0.1) is 23.1 Å². The number of rotatable bonds is 3. The van der Waals surface area contributed by atoms with E-state index in [4.69, 9.17) is 4.74 Å². The number of ether oxygens (including phenoxy) is 1. The molecule has 0 bridgehead atoms. The van der Waals surface area contributed by atoms with Crippen LogP contribution in [0.15, 0.2) is 48.5 Å². The zero-order valence-electron chi connectivity index (χ0n) is 16.1. The summed E-state index contributed by atoms with van der Waals surface area (Å²) in [7, 11) is 0. The van der Waals surface area contributed by atoms with Gasteiger partial charge in [-0.1, -0.05) is 24.6 Å². The number of benzene rings is 2. The quantitative estimate of drug-likeness (QED) is 0.458. The minimum absolute atomic E-state index is 0.105. The second kappa shape index (κ2) is 7.23. The molecule has 1 saturated carbocycles. The van der Waals surface area contributed by atoms with E-state index in [9.17, 15) is 14.4 Å². The van der Waals surface area contributed by atoms with E-state index in [2.05, 4.69) is 6.92 Å². The molecule has 2 aromatic carbocycles. The smallest absolute Gasteiger partial charge is 0.343 e. The SMILES string of the molecule is Cc1ccc(C(=O)Oc2ccc(N3C(=O)[C@H]4CC[C@@H](C)C[C@@H]4C3=O)cc2)cc1. The number of nitrogens with zero attached hydrogens (tertiary/aromatic N) is 1. The normalized spacial score (nSPS) is 24.2. The number of hydrogen-bond donors (Lipinski definition) is 0. The minimum atomic E-state index is -0.443. The van der Waals surface area contributed by atoms with Crippen LogP contribution < -0.4 is 9.64 Å². The van der Waals surface area contributed by atoms with E-state index >= 15 is 0 Å². The van der Waals surface area contributed by atoms with Gasteiger partial charge in [0.25, 0.3) is 0 Å². The van der Waals surface area contributed by atoms with Crippen molar-refractivity contribution in [3.05, 3.63) is 59.7 Å². The Labute approximate surface area is 164 Å². The van der Waals surface area contributed by atoms with Gasteiger partial charge < -0.3 is 4.74 Å². The summed E-state index contributed by atoms with van der Waals surface area (Å²) < 4.78 is 5.39. The highest BCUT2D eigenvalue weighted by Crippen LogP contribution is 2.42.